The van der Waals surface area contributed by atoms with Crippen molar-refractivity contribution in [2.45, 2.75) is 45.8 Å². The highest BCUT2D eigenvalue weighted by atomic mass is 16.3. The molecule has 1 aliphatic heterocycles. The Balaban J connectivity index is 1.94. The van der Waals surface area contributed by atoms with E-state index < -0.39 is 5.60 Å². The summed E-state index contributed by atoms with van der Waals surface area (Å²) in [7, 11) is 0. The van der Waals surface area contributed by atoms with Crippen LogP contribution in [0.15, 0.2) is 24.3 Å². The normalized spacial score (nSPS) is 19.1. The molecule has 0 aliphatic carbocycles. The summed E-state index contributed by atoms with van der Waals surface area (Å²) in [6.07, 6.45) is 2.64. The summed E-state index contributed by atoms with van der Waals surface area (Å²) in [5.41, 5.74) is 1.59. The summed E-state index contributed by atoms with van der Waals surface area (Å²) in [5, 5.41) is 9.92. The maximum atomic E-state index is 9.92. The summed E-state index contributed by atoms with van der Waals surface area (Å²) in [6.45, 7) is 9.47. The molecular weight excluding hydrogens is 222 g/mol. The maximum absolute atomic E-state index is 9.92. The Bertz CT molecular complexity index is 369. The average Bonchev–Trinajstić information content (AvgIpc) is 2.32. The number of hydrogen-bond acceptors (Lipinski definition) is 2. The molecule has 100 valence electrons. The van der Waals surface area contributed by atoms with Crippen LogP contribution in [0.3, 0.4) is 0 Å². The van der Waals surface area contributed by atoms with Gasteiger partial charge in [0.25, 0.3) is 0 Å². The molecule has 0 unspecified atom stereocenters. The summed E-state index contributed by atoms with van der Waals surface area (Å²) in [5.74, 6) is 0.888. The minimum absolute atomic E-state index is 0.737. The number of aliphatic hydroxyl groups is 1. The number of hydrogen-bond donors (Lipinski definition) is 1. The Morgan fingerprint density at radius 2 is 1.72 bits per heavy atom. The summed E-state index contributed by atoms with van der Waals surface area (Å²) in [4.78, 5) is 2.53. The van der Waals surface area contributed by atoms with Crippen molar-refractivity contribution in [3.63, 3.8) is 0 Å². The van der Waals surface area contributed by atoms with Gasteiger partial charge < -0.3 is 5.11 Å². The highest BCUT2D eigenvalue weighted by molar-refractivity contribution is 5.26. The van der Waals surface area contributed by atoms with Gasteiger partial charge >= 0.3 is 0 Å². The van der Waals surface area contributed by atoms with Crippen LogP contribution >= 0.6 is 0 Å². The molecule has 0 amide bonds. The van der Waals surface area contributed by atoms with E-state index in [-0.39, 0.29) is 0 Å². The molecule has 1 aliphatic rings. The van der Waals surface area contributed by atoms with Crippen LogP contribution in [0, 0.1) is 5.92 Å². The monoisotopic (exact) mass is 247 g/mol. The summed E-state index contributed by atoms with van der Waals surface area (Å²) < 4.78 is 0. The first-order chi connectivity index (χ1) is 8.45. The van der Waals surface area contributed by atoms with Crippen molar-refractivity contribution in [3.05, 3.63) is 35.4 Å². The van der Waals surface area contributed by atoms with Gasteiger partial charge in [0.1, 0.15) is 0 Å². The van der Waals surface area contributed by atoms with Crippen LogP contribution in [0.25, 0.3) is 0 Å². The van der Waals surface area contributed by atoms with E-state index in [0.29, 0.717) is 0 Å². The van der Waals surface area contributed by atoms with E-state index in [2.05, 4.69) is 24.0 Å². The van der Waals surface area contributed by atoms with Crippen LogP contribution in [-0.4, -0.2) is 23.1 Å². The fraction of sp³-hybridized carbons (Fsp3) is 0.625. The maximum Gasteiger partial charge on any atom is 0.0840 e. The third-order valence-electron chi connectivity index (χ3n) is 3.94. The zero-order chi connectivity index (χ0) is 13.2. The van der Waals surface area contributed by atoms with E-state index in [1.54, 1.807) is 0 Å². The van der Waals surface area contributed by atoms with Gasteiger partial charge in [-0.2, -0.15) is 0 Å². The molecule has 1 fully saturated rings. The molecule has 0 bridgehead atoms. The lowest BCUT2D eigenvalue weighted by Gasteiger charge is -2.30. The van der Waals surface area contributed by atoms with Gasteiger partial charge in [-0.15, -0.1) is 0 Å². The molecule has 1 heterocycles. The minimum Gasteiger partial charge on any atom is -0.386 e. The topological polar surface area (TPSA) is 23.5 Å². The smallest absolute Gasteiger partial charge is 0.0840 e. The van der Waals surface area contributed by atoms with E-state index in [1.165, 1.54) is 31.5 Å². The third-order valence-corrected chi connectivity index (χ3v) is 3.94. The number of likely N-dealkylation sites (tertiary alicyclic amines) is 1. The standard InChI is InChI=1S/C16H25NO/c1-13-8-10-17(11-9-13)12-14-4-6-15(7-5-14)16(2,3)18/h4-7,13,18H,8-12H2,1-3H3. The van der Waals surface area contributed by atoms with Crippen molar-refractivity contribution >= 4 is 0 Å². The van der Waals surface area contributed by atoms with E-state index in [9.17, 15) is 5.11 Å². The molecule has 0 radical (unpaired) electrons. The second kappa shape index (κ2) is 5.41. The first-order valence-corrected chi connectivity index (χ1v) is 6.99. The van der Waals surface area contributed by atoms with Crippen LogP contribution in [0.1, 0.15) is 44.7 Å². The van der Waals surface area contributed by atoms with Gasteiger partial charge in [-0.25, -0.2) is 0 Å². The van der Waals surface area contributed by atoms with Crippen LogP contribution in [0.2, 0.25) is 0 Å². The number of nitrogens with zero attached hydrogens (tertiary/aromatic N) is 1. The minimum atomic E-state index is -0.737. The highest BCUT2D eigenvalue weighted by Crippen LogP contribution is 2.21. The Hall–Kier alpha value is -0.860. The van der Waals surface area contributed by atoms with Gasteiger partial charge in [0.2, 0.25) is 0 Å². The lowest BCUT2D eigenvalue weighted by Crippen LogP contribution is -2.32. The number of benzene rings is 1. The predicted molar refractivity (Wildman–Crippen MR) is 75.4 cm³/mol. The molecular formula is C16H25NO. The Morgan fingerprint density at radius 1 is 1.17 bits per heavy atom. The molecule has 1 aromatic rings. The lowest BCUT2D eigenvalue weighted by molar-refractivity contribution is 0.0785. The van der Waals surface area contributed by atoms with Crippen LogP contribution in [0.5, 0.6) is 0 Å². The predicted octanol–water partition coefficient (Wildman–Crippen LogP) is 3.15. The van der Waals surface area contributed by atoms with Crippen molar-refractivity contribution in [1.82, 2.24) is 4.90 Å². The largest absolute Gasteiger partial charge is 0.386 e. The average molecular weight is 247 g/mol. The van der Waals surface area contributed by atoms with Gasteiger partial charge in [0.05, 0.1) is 5.60 Å². The van der Waals surface area contributed by atoms with E-state index >= 15 is 0 Å². The first-order valence-electron chi connectivity index (χ1n) is 6.99. The molecule has 2 rings (SSSR count). The van der Waals surface area contributed by atoms with Crippen molar-refractivity contribution in [3.8, 4) is 0 Å². The summed E-state index contributed by atoms with van der Waals surface area (Å²) >= 11 is 0. The molecule has 2 heteroatoms. The Morgan fingerprint density at radius 3 is 2.22 bits per heavy atom. The van der Waals surface area contributed by atoms with Crippen LogP contribution < -0.4 is 0 Å². The first kappa shape index (κ1) is 13.6. The molecule has 0 saturated carbocycles. The van der Waals surface area contributed by atoms with Gasteiger partial charge in [-0.1, -0.05) is 31.2 Å². The molecule has 0 aromatic heterocycles. The van der Waals surface area contributed by atoms with Crippen molar-refractivity contribution in [1.29, 1.82) is 0 Å². The lowest BCUT2D eigenvalue weighted by atomic mass is 9.96. The van der Waals surface area contributed by atoms with Crippen molar-refractivity contribution in [2.75, 3.05) is 13.1 Å². The SMILES string of the molecule is CC1CCN(Cc2ccc(C(C)(C)O)cc2)CC1. The molecule has 18 heavy (non-hydrogen) atoms. The van der Waals surface area contributed by atoms with Crippen molar-refractivity contribution in [2.24, 2.45) is 5.92 Å². The fourth-order valence-corrected chi connectivity index (χ4v) is 2.50. The second-order valence-electron chi connectivity index (χ2n) is 6.21. The second-order valence-corrected chi connectivity index (χ2v) is 6.21. The Labute approximate surface area is 111 Å². The number of rotatable bonds is 3. The molecule has 1 saturated heterocycles. The fourth-order valence-electron chi connectivity index (χ4n) is 2.50. The van der Waals surface area contributed by atoms with Gasteiger partial charge in [-0.3, -0.25) is 4.90 Å². The van der Waals surface area contributed by atoms with Crippen LogP contribution in [-0.2, 0) is 12.1 Å². The highest BCUT2D eigenvalue weighted by Gasteiger charge is 2.17. The zero-order valence-electron chi connectivity index (χ0n) is 11.8. The van der Waals surface area contributed by atoms with E-state index in [4.69, 9.17) is 0 Å². The van der Waals surface area contributed by atoms with Crippen molar-refractivity contribution < 1.29 is 5.11 Å². The van der Waals surface area contributed by atoms with E-state index in [1.807, 2.05) is 26.0 Å². The number of piperidine rings is 1. The van der Waals surface area contributed by atoms with Gasteiger partial charge in [0, 0.05) is 6.54 Å². The van der Waals surface area contributed by atoms with E-state index in [0.717, 1.165) is 18.0 Å². The molecule has 1 aromatic carbocycles. The Kier molecular flexibility index (Phi) is 4.08. The quantitative estimate of drug-likeness (QED) is 0.887. The molecule has 1 N–H and O–H groups in total. The summed E-state index contributed by atoms with van der Waals surface area (Å²) in [6, 6.07) is 8.38. The zero-order valence-corrected chi connectivity index (χ0v) is 11.8. The molecule has 2 nitrogen and oxygen atoms in total. The van der Waals surface area contributed by atoms with Crippen LogP contribution in [0.4, 0.5) is 0 Å². The third kappa shape index (κ3) is 3.56. The van der Waals surface area contributed by atoms with Gasteiger partial charge in [0.15, 0.2) is 0 Å². The molecule has 0 spiro atoms. The molecule has 0 atom stereocenters. The van der Waals surface area contributed by atoms with Gasteiger partial charge in [-0.05, 0) is 56.8 Å².